The summed E-state index contributed by atoms with van der Waals surface area (Å²) in [5, 5.41) is 16.2. The van der Waals surface area contributed by atoms with Gasteiger partial charge in [0.2, 0.25) is 0 Å². The minimum absolute atomic E-state index is 0.0240. The van der Waals surface area contributed by atoms with Gasteiger partial charge in [0.05, 0.1) is 26.8 Å². The fourth-order valence-electron chi connectivity index (χ4n) is 2.88. The third kappa shape index (κ3) is 2.56. The highest BCUT2D eigenvalue weighted by atomic mass is 35.5. The normalized spacial score (nSPS) is 14.8. The zero-order valence-corrected chi connectivity index (χ0v) is 14.7. The van der Waals surface area contributed by atoms with Crippen LogP contribution in [0.2, 0.25) is 10.0 Å². The molecule has 5 nitrogen and oxygen atoms in total. The van der Waals surface area contributed by atoms with Crippen LogP contribution in [-0.2, 0) is 4.84 Å². The fraction of sp³-hybridized carbons (Fsp3) is 0.111. The maximum absolute atomic E-state index is 10.5. The second kappa shape index (κ2) is 6.10. The summed E-state index contributed by atoms with van der Waals surface area (Å²) >= 11 is 12.2. The molecule has 1 aliphatic rings. The number of aromatic amines is 1. The minimum atomic E-state index is -0.0240. The quantitative estimate of drug-likeness (QED) is 0.630. The van der Waals surface area contributed by atoms with Crippen molar-refractivity contribution in [1.82, 2.24) is 4.98 Å². The Labute approximate surface area is 153 Å². The number of hydrogen-bond acceptors (Lipinski definition) is 4. The maximum atomic E-state index is 10.5. The van der Waals surface area contributed by atoms with Gasteiger partial charge in [0.25, 0.3) is 0 Å². The highest BCUT2D eigenvalue weighted by molar-refractivity contribution is 6.58. The van der Waals surface area contributed by atoms with Crippen molar-refractivity contribution in [2.45, 2.75) is 6.92 Å². The minimum Gasteiger partial charge on any atom is -0.494 e. The first-order chi connectivity index (χ1) is 12.1. The molecular weight excluding hydrogens is 361 g/mol. The molecule has 0 radical (unpaired) electrons. The molecule has 1 aliphatic heterocycles. The van der Waals surface area contributed by atoms with Crippen LogP contribution in [0.25, 0.3) is 10.9 Å². The summed E-state index contributed by atoms with van der Waals surface area (Å²) in [5.41, 5.74) is 3.89. The second-order valence-corrected chi connectivity index (χ2v) is 6.31. The zero-order chi connectivity index (χ0) is 17.6. The molecule has 1 aromatic heterocycles. The van der Waals surface area contributed by atoms with Crippen LogP contribution in [0.15, 0.2) is 46.5 Å². The van der Waals surface area contributed by atoms with E-state index in [1.165, 1.54) is 0 Å². The number of aliphatic imine (C=N–C) groups is 1. The van der Waals surface area contributed by atoms with E-state index in [1.807, 2.05) is 31.2 Å². The lowest BCUT2D eigenvalue weighted by atomic mass is 10.0. The van der Waals surface area contributed by atoms with Crippen LogP contribution in [0.5, 0.6) is 5.88 Å². The van der Waals surface area contributed by atoms with Crippen molar-refractivity contribution in [2.75, 3.05) is 6.61 Å². The Kier molecular flexibility index (Phi) is 3.90. The average molecular weight is 374 g/mol. The molecule has 4 rings (SSSR count). The number of halogens is 2. The molecule has 2 heterocycles. The molecule has 25 heavy (non-hydrogen) atoms. The van der Waals surface area contributed by atoms with E-state index >= 15 is 0 Å². The Balaban J connectivity index is 1.97. The first-order valence-electron chi connectivity index (χ1n) is 7.68. The zero-order valence-electron chi connectivity index (χ0n) is 13.2. The van der Waals surface area contributed by atoms with Crippen LogP contribution in [0.3, 0.4) is 0 Å². The molecule has 0 amide bonds. The molecular formula is C18H13Cl2N3O2. The predicted molar refractivity (Wildman–Crippen MR) is 101 cm³/mol. The van der Waals surface area contributed by atoms with Gasteiger partial charge in [-0.05, 0) is 25.1 Å². The molecule has 0 unspecified atom stereocenters. The fourth-order valence-corrected chi connectivity index (χ4v) is 3.21. The Morgan fingerprint density at radius 2 is 1.96 bits per heavy atom. The molecule has 2 aromatic carbocycles. The van der Waals surface area contributed by atoms with Crippen molar-refractivity contribution in [3.05, 3.63) is 57.6 Å². The van der Waals surface area contributed by atoms with Crippen molar-refractivity contribution in [3.8, 4) is 5.88 Å². The van der Waals surface area contributed by atoms with E-state index in [0.29, 0.717) is 44.5 Å². The smallest absolute Gasteiger partial charge is 0.199 e. The van der Waals surface area contributed by atoms with E-state index in [9.17, 15) is 5.11 Å². The summed E-state index contributed by atoms with van der Waals surface area (Å²) in [6, 6.07) is 11.0. The Hall–Kier alpha value is -2.50. The number of nitrogens with zero attached hydrogens (tertiary/aromatic N) is 2. The van der Waals surface area contributed by atoms with Crippen LogP contribution in [0.4, 0.5) is 5.69 Å². The largest absolute Gasteiger partial charge is 0.494 e. The van der Waals surface area contributed by atoms with E-state index in [2.05, 4.69) is 15.1 Å². The van der Waals surface area contributed by atoms with Crippen molar-refractivity contribution >= 4 is 51.2 Å². The van der Waals surface area contributed by atoms with E-state index in [1.54, 1.807) is 12.1 Å². The van der Waals surface area contributed by atoms with Gasteiger partial charge in [-0.1, -0.05) is 46.6 Å². The molecule has 126 valence electrons. The van der Waals surface area contributed by atoms with Crippen LogP contribution in [-0.4, -0.2) is 28.1 Å². The second-order valence-electron chi connectivity index (χ2n) is 5.50. The number of oxime groups is 1. The lowest BCUT2D eigenvalue weighted by molar-refractivity contribution is 0.159. The summed E-state index contributed by atoms with van der Waals surface area (Å²) in [5.74, 6) is -0.0240. The SMILES string of the molecule is CCON=C1C(c2c(O)[nH]c3cc(Cl)c(Cl)cc23)=Nc2ccccc21. The Bertz CT molecular complexity index is 1050. The summed E-state index contributed by atoms with van der Waals surface area (Å²) in [6.07, 6.45) is 0. The molecule has 0 bridgehead atoms. The van der Waals surface area contributed by atoms with Gasteiger partial charge >= 0.3 is 0 Å². The maximum Gasteiger partial charge on any atom is 0.199 e. The number of benzene rings is 2. The number of fused-ring (bicyclic) bond motifs is 2. The molecule has 0 spiro atoms. The third-order valence-corrected chi connectivity index (χ3v) is 4.68. The number of aromatic nitrogens is 1. The number of H-pyrrole nitrogens is 1. The molecule has 0 fully saturated rings. The summed E-state index contributed by atoms with van der Waals surface area (Å²) < 4.78 is 0. The summed E-state index contributed by atoms with van der Waals surface area (Å²) in [6.45, 7) is 2.28. The van der Waals surface area contributed by atoms with Crippen LogP contribution >= 0.6 is 23.2 Å². The highest BCUT2D eigenvalue weighted by Crippen LogP contribution is 2.38. The average Bonchev–Trinajstić information content (AvgIpc) is 3.10. The number of hydrogen-bond donors (Lipinski definition) is 2. The molecule has 3 aromatic rings. The van der Waals surface area contributed by atoms with Crippen molar-refractivity contribution in [1.29, 1.82) is 0 Å². The number of nitrogens with one attached hydrogen (secondary N) is 1. The standard InChI is InChI=1S/C18H13Cl2N3O2/c1-2-25-23-16-9-5-3-4-6-13(9)21-17(16)15-10-7-11(19)12(20)8-14(10)22-18(15)24/h3-8,22,24H,2H2,1H3. The van der Waals surface area contributed by atoms with Crippen LogP contribution in [0, 0.1) is 0 Å². The van der Waals surface area contributed by atoms with Crippen LogP contribution < -0.4 is 0 Å². The number of para-hydroxylation sites is 1. The van der Waals surface area contributed by atoms with Gasteiger partial charge in [-0.15, -0.1) is 0 Å². The van der Waals surface area contributed by atoms with Gasteiger partial charge in [-0.2, -0.15) is 0 Å². The van der Waals surface area contributed by atoms with Crippen molar-refractivity contribution in [3.63, 3.8) is 0 Å². The monoisotopic (exact) mass is 373 g/mol. The van der Waals surface area contributed by atoms with E-state index < -0.39 is 0 Å². The van der Waals surface area contributed by atoms with Gasteiger partial charge in [-0.25, -0.2) is 4.99 Å². The Morgan fingerprint density at radius 1 is 1.20 bits per heavy atom. The summed E-state index contributed by atoms with van der Waals surface area (Å²) in [7, 11) is 0. The molecule has 0 saturated carbocycles. The van der Waals surface area contributed by atoms with E-state index in [0.717, 1.165) is 11.3 Å². The molecule has 7 heteroatoms. The van der Waals surface area contributed by atoms with E-state index in [4.69, 9.17) is 28.0 Å². The lowest BCUT2D eigenvalue weighted by Gasteiger charge is -2.04. The predicted octanol–water partition coefficient (Wildman–Crippen LogP) is 5.06. The topological polar surface area (TPSA) is 70.0 Å². The van der Waals surface area contributed by atoms with Gasteiger partial charge in [0.1, 0.15) is 18.0 Å². The number of rotatable bonds is 3. The van der Waals surface area contributed by atoms with Gasteiger partial charge in [-0.3, -0.25) is 0 Å². The lowest BCUT2D eigenvalue weighted by Crippen LogP contribution is -2.13. The van der Waals surface area contributed by atoms with Crippen LogP contribution in [0.1, 0.15) is 18.1 Å². The third-order valence-electron chi connectivity index (χ3n) is 3.96. The molecule has 0 atom stereocenters. The Morgan fingerprint density at radius 3 is 2.76 bits per heavy atom. The summed E-state index contributed by atoms with van der Waals surface area (Å²) in [4.78, 5) is 12.8. The highest BCUT2D eigenvalue weighted by Gasteiger charge is 2.29. The van der Waals surface area contributed by atoms with Gasteiger partial charge < -0.3 is 14.9 Å². The van der Waals surface area contributed by atoms with Gasteiger partial charge in [0.15, 0.2) is 5.88 Å². The van der Waals surface area contributed by atoms with Gasteiger partial charge in [0, 0.05) is 10.9 Å². The number of aromatic hydroxyl groups is 1. The molecule has 0 aliphatic carbocycles. The first kappa shape index (κ1) is 16.0. The van der Waals surface area contributed by atoms with Crippen molar-refractivity contribution in [2.24, 2.45) is 10.1 Å². The first-order valence-corrected chi connectivity index (χ1v) is 8.44. The van der Waals surface area contributed by atoms with Crippen molar-refractivity contribution < 1.29 is 9.94 Å². The van der Waals surface area contributed by atoms with E-state index in [-0.39, 0.29) is 5.88 Å². The molecule has 0 saturated heterocycles. The molecule has 2 N–H and O–H groups in total.